The van der Waals surface area contributed by atoms with Crippen molar-refractivity contribution in [2.75, 3.05) is 0 Å². The normalized spacial score (nSPS) is 9.73. The van der Waals surface area contributed by atoms with Crippen molar-refractivity contribution in [1.29, 1.82) is 0 Å². The zero-order valence-electron chi connectivity index (χ0n) is 18.4. The molecule has 30 heavy (non-hydrogen) atoms. The van der Waals surface area contributed by atoms with Crippen molar-refractivity contribution in [3.63, 3.8) is 0 Å². The van der Waals surface area contributed by atoms with E-state index in [1.807, 2.05) is 37.3 Å². The maximum atomic E-state index is 10.5. The molecule has 2 N–H and O–H groups in total. The van der Waals surface area contributed by atoms with Gasteiger partial charge in [-0.3, -0.25) is 4.79 Å². The van der Waals surface area contributed by atoms with E-state index in [0.717, 1.165) is 12.0 Å². The summed E-state index contributed by atoms with van der Waals surface area (Å²) in [5.41, 5.74) is 10.8. The van der Waals surface area contributed by atoms with Gasteiger partial charge in [0.15, 0.2) is 0 Å². The molecule has 0 aliphatic rings. The lowest BCUT2D eigenvalue weighted by molar-refractivity contribution is 0.100. The van der Waals surface area contributed by atoms with Crippen molar-refractivity contribution in [1.82, 2.24) is 0 Å². The third kappa shape index (κ3) is 7.56. The zero-order chi connectivity index (χ0) is 21.9. The van der Waals surface area contributed by atoms with Gasteiger partial charge in [-0.1, -0.05) is 102 Å². The van der Waals surface area contributed by atoms with E-state index in [0.29, 0.717) is 5.56 Å². The molecule has 2 nitrogen and oxygen atoms in total. The van der Waals surface area contributed by atoms with E-state index in [4.69, 9.17) is 5.73 Å². The van der Waals surface area contributed by atoms with Gasteiger partial charge in [0.2, 0.25) is 5.91 Å². The Morgan fingerprint density at radius 1 is 0.667 bits per heavy atom. The lowest BCUT2D eigenvalue weighted by Gasteiger charge is -2.01. The van der Waals surface area contributed by atoms with Crippen LogP contribution in [-0.2, 0) is 6.42 Å². The smallest absolute Gasteiger partial charge is 0.248 e. The maximum Gasteiger partial charge on any atom is 0.248 e. The summed E-state index contributed by atoms with van der Waals surface area (Å²) in [7, 11) is 0. The molecule has 0 atom stereocenters. The van der Waals surface area contributed by atoms with Crippen molar-refractivity contribution in [3.8, 4) is 0 Å². The highest BCUT2D eigenvalue weighted by atomic mass is 16.1. The minimum Gasteiger partial charge on any atom is -0.366 e. The van der Waals surface area contributed by atoms with Crippen LogP contribution in [0, 0.1) is 20.8 Å². The average Bonchev–Trinajstić information content (AvgIpc) is 2.75. The second-order valence-corrected chi connectivity index (χ2v) is 7.42. The Morgan fingerprint density at radius 2 is 1.20 bits per heavy atom. The molecule has 0 saturated carbocycles. The van der Waals surface area contributed by atoms with Crippen LogP contribution in [0.3, 0.4) is 0 Å². The molecule has 0 saturated heterocycles. The maximum absolute atomic E-state index is 10.5. The number of hydrogen-bond donors (Lipinski definition) is 1. The Hall–Kier alpha value is -3.39. The number of aryl methyl sites for hydroxylation is 4. The van der Waals surface area contributed by atoms with E-state index in [1.165, 1.54) is 27.5 Å². The van der Waals surface area contributed by atoms with Crippen LogP contribution < -0.4 is 5.73 Å². The van der Waals surface area contributed by atoms with Gasteiger partial charge >= 0.3 is 0 Å². The quantitative estimate of drug-likeness (QED) is 0.397. The topological polar surface area (TPSA) is 43.1 Å². The van der Waals surface area contributed by atoms with Crippen molar-refractivity contribution >= 4 is 16.7 Å². The summed E-state index contributed by atoms with van der Waals surface area (Å²) in [5.74, 6) is -0.375. The van der Waals surface area contributed by atoms with Gasteiger partial charge in [0.1, 0.15) is 0 Å². The number of rotatable bonds is 2. The van der Waals surface area contributed by atoms with Crippen LogP contribution in [0.5, 0.6) is 0 Å². The van der Waals surface area contributed by atoms with Crippen LogP contribution in [-0.4, -0.2) is 5.91 Å². The van der Waals surface area contributed by atoms with Crippen molar-refractivity contribution in [2.45, 2.75) is 34.1 Å². The number of carbonyl (C=O) groups excluding carboxylic acids is 1. The summed E-state index contributed by atoms with van der Waals surface area (Å²) in [6, 6.07) is 30.7. The average molecular weight is 398 g/mol. The highest BCUT2D eigenvalue weighted by molar-refractivity contribution is 5.92. The Balaban J connectivity index is 0.000000168. The molecule has 0 aliphatic heterocycles. The number of amides is 1. The summed E-state index contributed by atoms with van der Waals surface area (Å²) >= 11 is 0. The zero-order valence-corrected chi connectivity index (χ0v) is 18.4. The van der Waals surface area contributed by atoms with Crippen LogP contribution in [0.4, 0.5) is 0 Å². The summed E-state index contributed by atoms with van der Waals surface area (Å²) in [4.78, 5) is 10.5. The number of fused-ring (bicyclic) bond motifs is 1. The Labute approximate surface area is 180 Å². The monoisotopic (exact) mass is 397 g/mol. The van der Waals surface area contributed by atoms with E-state index in [9.17, 15) is 4.79 Å². The highest BCUT2D eigenvalue weighted by Crippen LogP contribution is 2.17. The van der Waals surface area contributed by atoms with E-state index in [-0.39, 0.29) is 5.91 Å². The van der Waals surface area contributed by atoms with Crippen LogP contribution in [0.15, 0.2) is 91.0 Å². The molecule has 154 valence electrons. The number of nitrogens with two attached hydrogens (primary N) is 1. The molecule has 2 heteroatoms. The molecule has 0 radical (unpaired) electrons. The van der Waals surface area contributed by atoms with Gasteiger partial charge in [-0.05, 0) is 55.7 Å². The molecule has 0 aromatic heterocycles. The van der Waals surface area contributed by atoms with E-state index in [2.05, 4.69) is 69.3 Å². The molecule has 0 aliphatic carbocycles. The second kappa shape index (κ2) is 11.6. The highest BCUT2D eigenvalue weighted by Gasteiger charge is 1.96. The fraction of sp³-hybridized carbons (Fsp3) is 0.179. The van der Waals surface area contributed by atoms with Crippen molar-refractivity contribution in [2.24, 2.45) is 5.73 Å². The minimum atomic E-state index is -0.375. The Kier molecular flexibility index (Phi) is 8.83. The number of hydrogen-bond acceptors (Lipinski definition) is 1. The first-order chi connectivity index (χ1) is 14.4. The van der Waals surface area contributed by atoms with Crippen molar-refractivity contribution in [3.05, 3.63) is 119 Å². The molecule has 4 rings (SSSR count). The summed E-state index contributed by atoms with van der Waals surface area (Å²) in [6.07, 6.45) is 1.11. The van der Waals surface area contributed by atoms with E-state index in [1.54, 1.807) is 12.1 Å². The second-order valence-electron chi connectivity index (χ2n) is 7.42. The third-order valence-electron chi connectivity index (χ3n) is 4.74. The minimum absolute atomic E-state index is 0.375. The molecule has 1 amide bonds. The van der Waals surface area contributed by atoms with Gasteiger partial charge < -0.3 is 5.73 Å². The summed E-state index contributed by atoms with van der Waals surface area (Å²) in [6.45, 7) is 8.37. The van der Waals surface area contributed by atoms with Crippen LogP contribution in [0.25, 0.3) is 10.8 Å². The molecule has 0 fully saturated rings. The largest absolute Gasteiger partial charge is 0.366 e. The number of primary amides is 1. The SMILES string of the molecule is CCc1ccc2cc(C)ccc2c1.Cc1ccc(C(N)=O)cc1.Cc1ccccc1. The van der Waals surface area contributed by atoms with Gasteiger partial charge in [0.25, 0.3) is 0 Å². The first kappa shape index (κ1) is 22.9. The number of carbonyl (C=O) groups is 1. The van der Waals surface area contributed by atoms with Gasteiger partial charge in [-0.15, -0.1) is 0 Å². The van der Waals surface area contributed by atoms with Crippen molar-refractivity contribution < 1.29 is 4.79 Å². The molecular formula is C28H31NO. The molecule has 4 aromatic rings. The summed E-state index contributed by atoms with van der Waals surface area (Å²) < 4.78 is 0. The Morgan fingerprint density at radius 3 is 1.73 bits per heavy atom. The predicted molar refractivity (Wildman–Crippen MR) is 129 cm³/mol. The molecular weight excluding hydrogens is 366 g/mol. The standard InChI is InChI=1S/C13H14.C8H9NO.C7H8/c1-3-11-5-7-12-8-10(2)4-6-13(12)9-11;1-6-2-4-7(5-3-6)8(9)10;1-7-5-3-2-4-6-7/h4-9H,3H2,1-2H3;2-5H,1H3,(H2,9,10);2-6H,1H3. The molecule has 0 heterocycles. The summed E-state index contributed by atoms with van der Waals surface area (Å²) in [5, 5.41) is 2.70. The molecule has 0 unspecified atom stereocenters. The van der Waals surface area contributed by atoms with Gasteiger partial charge in [0.05, 0.1) is 0 Å². The first-order valence-corrected chi connectivity index (χ1v) is 10.3. The molecule has 0 bridgehead atoms. The van der Waals surface area contributed by atoms with Crippen LogP contribution in [0.1, 0.15) is 39.5 Å². The Bertz CT molecular complexity index is 1070. The lowest BCUT2D eigenvalue weighted by Crippen LogP contribution is -2.10. The lowest BCUT2D eigenvalue weighted by atomic mass is 10.0. The van der Waals surface area contributed by atoms with E-state index < -0.39 is 0 Å². The third-order valence-corrected chi connectivity index (χ3v) is 4.74. The predicted octanol–water partition coefficient (Wildman–Crippen LogP) is 6.80. The van der Waals surface area contributed by atoms with Crippen LogP contribution in [0.2, 0.25) is 0 Å². The van der Waals surface area contributed by atoms with E-state index >= 15 is 0 Å². The van der Waals surface area contributed by atoms with Gasteiger partial charge in [-0.2, -0.15) is 0 Å². The fourth-order valence-electron chi connectivity index (χ4n) is 2.89. The van der Waals surface area contributed by atoms with Gasteiger partial charge in [-0.25, -0.2) is 0 Å². The van der Waals surface area contributed by atoms with Crippen LogP contribution >= 0.6 is 0 Å². The van der Waals surface area contributed by atoms with Gasteiger partial charge in [0, 0.05) is 5.56 Å². The fourth-order valence-corrected chi connectivity index (χ4v) is 2.89. The molecule has 0 spiro atoms. The molecule has 4 aromatic carbocycles. The first-order valence-electron chi connectivity index (χ1n) is 10.3. The number of benzene rings is 4.